The van der Waals surface area contributed by atoms with Gasteiger partial charge in [-0.1, -0.05) is 6.07 Å². The van der Waals surface area contributed by atoms with Crippen molar-refractivity contribution < 1.29 is 13.6 Å². The number of hydrogen-bond donors (Lipinski definition) is 1. The molecule has 0 spiro atoms. The molecule has 0 unspecified atom stereocenters. The largest absolute Gasteiger partial charge is 0.337 e. The number of aromatic nitrogens is 2. The number of carbonyl (C=O) groups is 1. The van der Waals surface area contributed by atoms with Gasteiger partial charge in [-0.05, 0) is 37.1 Å². The Labute approximate surface area is 126 Å². The maximum atomic E-state index is 13.5. The standard InChI is InChI=1S/C15H14F2N4O/c16-10-4-3-5-11(17)14(10)18-13-7-6-12(19-20-13)15(22)21-8-1-2-9-21/h3-7H,1-2,8-9H2,(H,18,20). The minimum atomic E-state index is -0.723. The number of benzene rings is 1. The molecule has 0 radical (unpaired) electrons. The molecule has 22 heavy (non-hydrogen) atoms. The Balaban J connectivity index is 1.75. The summed E-state index contributed by atoms with van der Waals surface area (Å²) in [5, 5.41) is 10.2. The second-order valence-corrected chi connectivity index (χ2v) is 5.02. The molecule has 2 aromatic rings. The van der Waals surface area contributed by atoms with Crippen LogP contribution in [0.2, 0.25) is 0 Å². The summed E-state index contributed by atoms with van der Waals surface area (Å²) in [6, 6.07) is 6.53. The van der Waals surface area contributed by atoms with Crippen LogP contribution < -0.4 is 5.32 Å². The summed E-state index contributed by atoms with van der Waals surface area (Å²) in [6.07, 6.45) is 1.98. The van der Waals surface area contributed by atoms with Crippen molar-refractivity contribution >= 4 is 17.4 Å². The normalized spacial score (nSPS) is 14.2. The third-order valence-electron chi connectivity index (χ3n) is 3.49. The molecular weight excluding hydrogens is 290 g/mol. The molecule has 1 aliphatic heterocycles. The topological polar surface area (TPSA) is 58.1 Å². The molecule has 114 valence electrons. The minimum Gasteiger partial charge on any atom is -0.337 e. The van der Waals surface area contributed by atoms with E-state index in [4.69, 9.17) is 0 Å². The average molecular weight is 304 g/mol. The number of halogens is 2. The van der Waals surface area contributed by atoms with Crippen LogP contribution in [-0.2, 0) is 0 Å². The molecule has 0 atom stereocenters. The van der Waals surface area contributed by atoms with Crippen molar-refractivity contribution in [1.29, 1.82) is 0 Å². The fourth-order valence-electron chi connectivity index (χ4n) is 2.34. The van der Waals surface area contributed by atoms with Crippen LogP contribution in [0.15, 0.2) is 30.3 Å². The SMILES string of the molecule is O=C(c1ccc(Nc2c(F)cccc2F)nn1)N1CCCC1. The van der Waals surface area contributed by atoms with Gasteiger partial charge in [-0.3, -0.25) is 4.79 Å². The summed E-state index contributed by atoms with van der Waals surface area (Å²) in [6.45, 7) is 1.45. The Hall–Kier alpha value is -2.57. The molecule has 2 heterocycles. The van der Waals surface area contributed by atoms with Crippen LogP contribution in [0.3, 0.4) is 0 Å². The smallest absolute Gasteiger partial charge is 0.274 e. The summed E-state index contributed by atoms with van der Waals surface area (Å²) in [5.74, 6) is -1.45. The molecule has 0 saturated carbocycles. The quantitative estimate of drug-likeness (QED) is 0.947. The van der Waals surface area contributed by atoms with Crippen molar-refractivity contribution in [2.75, 3.05) is 18.4 Å². The van der Waals surface area contributed by atoms with Crippen LogP contribution in [0.4, 0.5) is 20.3 Å². The lowest BCUT2D eigenvalue weighted by Crippen LogP contribution is -2.28. The Morgan fingerprint density at radius 3 is 2.32 bits per heavy atom. The number of hydrogen-bond acceptors (Lipinski definition) is 4. The first-order valence-electron chi connectivity index (χ1n) is 6.99. The molecule has 1 fully saturated rings. The second kappa shape index (κ2) is 6.05. The van der Waals surface area contributed by atoms with Gasteiger partial charge in [0, 0.05) is 13.1 Å². The predicted octanol–water partition coefficient (Wildman–Crippen LogP) is 2.73. The van der Waals surface area contributed by atoms with E-state index in [-0.39, 0.29) is 23.1 Å². The molecule has 1 amide bonds. The van der Waals surface area contributed by atoms with Crippen LogP contribution in [0.5, 0.6) is 0 Å². The third-order valence-corrected chi connectivity index (χ3v) is 3.49. The highest BCUT2D eigenvalue weighted by Crippen LogP contribution is 2.21. The molecule has 3 rings (SSSR count). The fraction of sp³-hybridized carbons (Fsp3) is 0.267. The van der Waals surface area contributed by atoms with Gasteiger partial charge in [0.15, 0.2) is 11.5 Å². The molecule has 1 aliphatic rings. The maximum absolute atomic E-state index is 13.5. The van der Waals surface area contributed by atoms with Crippen molar-refractivity contribution in [2.24, 2.45) is 0 Å². The number of nitrogens with one attached hydrogen (secondary N) is 1. The minimum absolute atomic E-state index is 0.168. The van der Waals surface area contributed by atoms with Crippen molar-refractivity contribution in [2.45, 2.75) is 12.8 Å². The number of likely N-dealkylation sites (tertiary alicyclic amines) is 1. The Morgan fingerprint density at radius 1 is 1.05 bits per heavy atom. The van der Waals surface area contributed by atoms with E-state index >= 15 is 0 Å². The highest BCUT2D eigenvalue weighted by atomic mass is 19.1. The first-order chi connectivity index (χ1) is 10.6. The van der Waals surface area contributed by atoms with Crippen LogP contribution >= 0.6 is 0 Å². The molecule has 0 bridgehead atoms. The van der Waals surface area contributed by atoms with Crippen molar-refractivity contribution in [3.63, 3.8) is 0 Å². The number of rotatable bonds is 3. The molecule has 1 N–H and O–H groups in total. The van der Waals surface area contributed by atoms with Gasteiger partial charge in [0.25, 0.3) is 5.91 Å². The lowest BCUT2D eigenvalue weighted by Gasteiger charge is -2.14. The maximum Gasteiger partial charge on any atom is 0.274 e. The van der Waals surface area contributed by atoms with Crippen LogP contribution in [0, 0.1) is 11.6 Å². The summed E-state index contributed by atoms with van der Waals surface area (Å²) < 4.78 is 27.1. The zero-order valence-electron chi connectivity index (χ0n) is 11.7. The number of carbonyl (C=O) groups excluding carboxylic acids is 1. The number of amides is 1. The fourth-order valence-corrected chi connectivity index (χ4v) is 2.34. The van der Waals surface area contributed by atoms with E-state index in [0.717, 1.165) is 38.1 Å². The van der Waals surface area contributed by atoms with E-state index in [9.17, 15) is 13.6 Å². The zero-order chi connectivity index (χ0) is 15.5. The summed E-state index contributed by atoms with van der Waals surface area (Å²) >= 11 is 0. The van der Waals surface area contributed by atoms with Crippen molar-refractivity contribution in [3.8, 4) is 0 Å². The van der Waals surface area contributed by atoms with Gasteiger partial charge in [-0.2, -0.15) is 0 Å². The molecule has 7 heteroatoms. The molecule has 5 nitrogen and oxygen atoms in total. The van der Waals surface area contributed by atoms with E-state index in [0.29, 0.717) is 0 Å². The third kappa shape index (κ3) is 2.88. The first kappa shape index (κ1) is 14.4. The lowest BCUT2D eigenvalue weighted by atomic mass is 10.3. The monoisotopic (exact) mass is 304 g/mol. The Kier molecular flexibility index (Phi) is 3.95. The van der Waals surface area contributed by atoms with Crippen LogP contribution in [0.25, 0.3) is 0 Å². The molecule has 1 aromatic heterocycles. The van der Waals surface area contributed by atoms with E-state index < -0.39 is 11.6 Å². The second-order valence-electron chi connectivity index (χ2n) is 5.02. The van der Waals surface area contributed by atoms with Crippen molar-refractivity contribution in [1.82, 2.24) is 15.1 Å². The average Bonchev–Trinajstić information content (AvgIpc) is 3.05. The highest BCUT2D eigenvalue weighted by molar-refractivity contribution is 5.92. The highest BCUT2D eigenvalue weighted by Gasteiger charge is 2.21. The van der Waals surface area contributed by atoms with Crippen LogP contribution in [-0.4, -0.2) is 34.1 Å². The van der Waals surface area contributed by atoms with Gasteiger partial charge in [-0.25, -0.2) is 8.78 Å². The number of nitrogens with zero attached hydrogens (tertiary/aromatic N) is 3. The molecule has 1 saturated heterocycles. The molecule has 1 aromatic carbocycles. The van der Waals surface area contributed by atoms with E-state index in [1.807, 2.05) is 0 Å². The summed E-state index contributed by atoms with van der Waals surface area (Å²) in [4.78, 5) is 13.8. The predicted molar refractivity (Wildman–Crippen MR) is 76.8 cm³/mol. The van der Waals surface area contributed by atoms with E-state index in [2.05, 4.69) is 15.5 Å². The van der Waals surface area contributed by atoms with Gasteiger partial charge >= 0.3 is 0 Å². The zero-order valence-corrected chi connectivity index (χ0v) is 11.7. The summed E-state index contributed by atoms with van der Waals surface area (Å²) in [7, 11) is 0. The lowest BCUT2D eigenvalue weighted by molar-refractivity contribution is 0.0786. The van der Waals surface area contributed by atoms with Gasteiger partial charge in [0.1, 0.15) is 17.3 Å². The Bertz CT molecular complexity index is 664. The van der Waals surface area contributed by atoms with E-state index in [1.165, 1.54) is 18.2 Å². The first-order valence-corrected chi connectivity index (χ1v) is 6.99. The molecular formula is C15H14F2N4O. The van der Waals surface area contributed by atoms with Crippen LogP contribution in [0.1, 0.15) is 23.3 Å². The van der Waals surface area contributed by atoms with Gasteiger partial charge < -0.3 is 10.2 Å². The number of para-hydroxylation sites is 1. The molecule has 0 aliphatic carbocycles. The van der Waals surface area contributed by atoms with Gasteiger partial charge in [-0.15, -0.1) is 10.2 Å². The van der Waals surface area contributed by atoms with Gasteiger partial charge in [0.05, 0.1) is 0 Å². The van der Waals surface area contributed by atoms with E-state index in [1.54, 1.807) is 4.90 Å². The number of anilines is 2. The van der Waals surface area contributed by atoms with Gasteiger partial charge in [0.2, 0.25) is 0 Å². The van der Waals surface area contributed by atoms with Crippen molar-refractivity contribution in [3.05, 3.63) is 47.7 Å². The Morgan fingerprint density at radius 2 is 1.73 bits per heavy atom. The summed E-state index contributed by atoms with van der Waals surface area (Å²) in [5.41, 5.74) is -0.0723.